The summed E-state index contributed by atoms with van der Waals surface area (Å²) in [4.78, 5) is 0. The molecule has 6 nitrogen and oxygen atoms in total. The van der Waals surface area contributed by atoms with Crippen LogP contribution in [0.5, 0.6) is 0 Å². The van der Waals surface area contributed by atoms with Gasteiger partial charge in [0.05, 0.1) is 36.4 Å². The van der Waals surface area contributed by atoms with Crippen molar-refractivity contribution in [3.63, 3.8) is 0 Å². The minimum Gasteiger partial charge on any atom is -0.381 e. The molecule has 0 aromatic carbocycles. The summed E-state index contributed by atoms with van der Waals surface area (Å²) >= 11 is 1.17. The van der Waals surface area contributed by atoms with Crippen molar-refractivity contribution in [2.75, 3.05) is 5.73 Å². The van der Waals surface area contributed by atoms with Crippen LogP contribution in [-0.4, -0.2) is 23.7 Å². The Labute approximate surface area is 72.4 Å². The van der Waals surface area contributed by atoms with E-state index in [4.69, 9.17) is 5.73 Å². The average molecular weight is 182 g/mol. The second kappa shape index (κ2) is 2.86. The number of hydrogen-bond donors (Lipinski definition) is 1. The topological polar surface area (TPSA) is 82.5 Å². The molecular weight excluding hydrogens is 176 g/mol. The van der Waals surface area contributed by atoms with Crippen LogP contribution in [0.25, 0.3) is 0 Å². The third kappa shape index (κ3) is 1.40. The van der Waals surface area contributed by atoms with Crippen molar-refractivity contribution in [1.82, 2.24) is 23.7 Å². The Balaban J connectivity index is 2.14. The number of anilines is 1. The zero-order valence-electron chi connectivity index (χ0n) is 6.08. The van der Waals surface area contributed by atoms with Gasteiger partial charge in [0.1, 0.15) is 0 Å². The minimum atomic E-state index is 0.415. The van der Waals surface area contributed by atoms with Gasteiger partial charge in [0, 0.05) is 0 Å². The number of rotatable bonds is 2. The van der Waals surface area contributed by atoms with E-state index < -0.39 is 0 Å². The lowest BCUT2D eigenvalue weighted by Gasteiger charge is -1.92. The van der Waals surface area contributed by atoms with Crippen LogP contribution in [0.3, 0.4) is 0 Å². The van der Waals surface area contributed by atoms with Crippen molar-refractivity contribution in [2.24, 2.45) is 0 Å². The molecule has 7 heteroatoms. The van der Waals surface area contributed by atoms with E-state index in [-0.39, 0.29) is 0 Å². The van der Waals surface area contributed by atoms with E-state index in [1.54, 1.807) is 17.1 Å². The maximum atomic E-state index is 5.38. The molecule has 0 aliphatic carbocycles. The zero-order valence-corrected chi connectivity index (χ0v) is 6.90. The van der Waals surface area contributed by atoms with Crippen LogP contribution >= 0.6 is 11.7 Å². The zero-order chi connectivity index (χ0) is 8.39. The highest BCUT2D eigenvalue weighted by molar-refractivity contribution is 6.99. The van der Waals surface area contributed by atoms with Gasteiger partial charge >= 0.3 is 0 Å². The summed E-state index contributed by atoms with van der Waals surface area (Å²) in [6, 6.07) is 0. The highest BCUT2D eigenvalue weighted by atomic mass is 32.1. The summed E-state index contributed by atoms with van der Waals surface area (Å²) < 4.78 is 9.50. The SMILES string of the molecule is Nc1cn(Cc2cnsn2)nn1. The highest BCUT2D eigenvalue weighted by Crippen LogP contribution is 1.99. The number of nitrogens with two attached hydrogens (primary N) is 1. The van der Waals surface area contributed by atoms with E-state index in [0.29, 0.717) is 12.4 Å². The Morgan fingerprint density at radius 1 is 1.58 bits per heavy atom. The number of aromatic nitrogens is 5. The molecule has 2 rings (SSSR count). The lowest BCUT2D eigenvalue weighted by atomic mass is 10.5. The Hall–Kier alpha value is -1.50. The van der Waals surface area contributed by atoms with Crippen molar-refractivity contribution < 1.29 is 0 Å². The molecule has 2 aromatic heterocycles. The molecule has 2 heterocycles. The molecule has 0 amide bonds. The monoisotopic (exact) mass is 182 g/mol. The van der Waals surface area contributed by atoms with Gasteiger partial charge in [-0.05, 0) is 0 Å². The van der Waals surface area contributed by atoms with E-state index in [2.05, 4.69) is 19.1 Å². The molecule has 62 valence electrons. The fourth-order valence-electron chi connectivity index (χ4n) is 0.810. The predicted octanol–water partition coefficient (Wildman–Crippen LogP) is -0.240. The molecule has 12 heavy (non-hydrogen) atoms. The van der Waals surface area contributed by atoms with Gasteiger partial charge < -0.3 is 5.73 Å². The third-order valence-electron chi connectivity index (χ3n) is 1.29. The van der Waals surface area contributed by atoms with Crippen molar-refractivity contribution >= 4 is 17.5 Å². The van der Waals surface area contributed by atoms with Crippen LogP contribution in [0.1, 0.15) is 5.69 Å². The molecular formula is C5H6N6S. The van der Waals surface area contributed by atoms with Gasteiger partial charge in [0.15, 0.2) is 5.82 Å². The Bertz CT molecular complexity index is 352. The van der Waals surface area contributed by atoms with Crippen molar-refractivity contribution in [2.45, 2.75) is 6.54 Å². The first-order chi connectivity index (χ1) is 5.84. The fraction of sp³-hybridized carbons (Fsp3) is 0.200. The molecule has 2 aromatic rings. The quantitative estimate of drug-likeness (QED) is 0.693. The molecule has 0 saturated heterocycles. The lowest BCUT2D eigenvalue weighted by molar-refractivity contribution is 0.642. The van der Waals surface area contributed by atoms with Gasteiger partial charge in [-0.3, -0.25) is 0 Å². The summed E-state index contributed by atoms with van der Waals surface area (Å²) in [6.45, 7) is 0.570. The summed E-state index contributed by atoms with van der Waals surface area (Å²) in [5.74, 6) is 0.415. The molecule has 0 radical (unpaired) electrons. The highest BCUT2D eigenvalue weighted by Gasteiger charge is 1.99. The van der Waals surface area contributed by atoms with Crippen LogP contribution in [0.15, 0.2) is 12.4 Å². The van der Waals surface area contributed by atoms with Gasteiger partial charge in [-0.25, -0.2) is 4.68 Å². The van der Waals surface area contributed by atoms with Crippen molar-refractivity contribution in [3.05, 3.63) is 18.1 Å². The minimum absolute atomic E-state index is 0.415. The Kier molecular flexibility index (Phi) is 1.71. The standard InChI is InChI=1S/C5H6N6S/c6-5-3-11(10-8-5)2-4-1-7-12-9-4/h1,3H,2,6H2. The van der Waals surface area contributed by atoms with Gasteiger partial charge in [-0.15, -0.1) is 5.10 Å². The molecule has 0 bridgehead atoms. The van der Waals surface area contributed by atoms with Gasteiger partial charge in [0.25, 0.3) is 0 Å². The molecule has 2 N–H and O–H groups in total. The van der Waals surface area contributed by atoms with Crippen LogP contribution in [0.2, 0.25) is 0 Å². The smallest absolute Gasteiger partial charge is 0.165 e. The number of hydrogen-bond acceptors (Lipinski definition) is 6. The van der Waals surface area contributed by atoms with Crippen LogP contribution < -0.4 is 5.73 Å². The molecule has 0 aliphatic rings. The van der Waals surface area contributed by atoms with E-state index in [1.807, 2.05) is 0 Å². The molecule has 0 atom stereocenters. The first-order valence-electron chi connectivity index (χ1n) is 3.26. The van der Waals surface area contributed by atoms with Crippen LogP contribution in [0.4, 0.5) is 5.82 Å². The lowest BCUT2D eigenvalue weighted by Crippen LogP contribution is -2.00. The fourth-order valence-corrected chi connectivity index (χ4v) is 1.24. The summed E-state index contributed by atoms with van der Waals surface area (Å²) in [6.07, 6.45) is 3.35. The Morgan fingerprint density at radius 2 is 2.50 bits per heavy atom. The first kappa shape index (κ1) is 7.17. The van der Waals surface area contributed by atoms with E-state index in [1.165, 1.54) is 11.7 Å². The van der Waals surface area contributed by atoms with Crippen LogP contribution in [-0.2, 0) is 6.54 Å². The molecule has 0 unspecified atom stereocenters. The van der Waals surface area contributed by atoms with Crippen LogP contribution in [0, 0.1) is 0 Å². The molecule has 0 aliphatic heterocycles. The predicted molar refractivity (Wildman–Crippen MR) is 43.4 cm³/mol. The maximum Gasteiger partial charge on any atom is 0.165 e. The van der Waals surface area contributed by atoms with E-state index in [0.717, 1.165) is 5.69 Å². The summed E-state index contributed by atoms with van der Waals surface area (Å²) in [5.41, 5.74) is 6.25. The third-order valence-corrected chi connectivity index (χ3v) is 1.80. The molecule has 0 spiro atoms. The second-order valence-corrected chi connectivity index (χ2v) is 2.80. The Morgan fingerprint density at radius 3 is 3.08 bits per heavy atom. The number of nitrogens with zero attached hydrogens (tertiary/aromatic N) is 5. The van der Waals surface area contributed by atoms with Gasteiger partial charge in [0.2, 0.25) is 0 Å². The first-order valence-corrected chi connectivity index (χ1v) is 3.99. The summed E-state index contributed by atoms with van der Waals surface area (Å²) in [5, 5.41) is 7.41. The van der Waals surface area contributed by atoms with E-state index >= 15 is 0 Å². The largest absolute Gasteiger partial charge is 0.381 e. The molecule has 0 fully saturated rings. The number of nitrogen functional groups attached to an aromatic ring is 1. The van der Waals surface area contributed by atoms with Gasteiger partial charge in [-0.2, -0.15) is 8.75 Å². The summed E-state index contributed by atoms with van der Waals surface area (Å²) in [7, 11) is 0. The van der Waals surface area contributed by atoms with Crippen molar-refractivity contribution in [1.29, 1.82) is 0 Å². The van der Waals surface area contributed by atoms with Gasteiger partial charge in [-0.1, -0.05) is 5.21 Å². The second-order valence-electron chi connectivity index (χ2n) is 2.24. The van der Waals surface area contributed by atoms with Crippen molar-refractivity contribution in [3.8, 4) is 0 Å². The maximum absolute atomic E-state index is 5.38. The normalized spacial score (nSPS) is 10.3. The average Bonchev–Trinajstić information content (AvgIpc) is 2.63. The van der Waals surface area contributed by atoms with E-state index in [9.17, 15) is 0 Å². The molecule has 0 saturated carbocycles.